The summed E-state index contributed by atoms with van der Waals surface area (Å²) in [6, 6.07) is 3.66. The lowest BCUT2D eigenvalue weighted by Crippen LogP contribution is -2.51. The zero-order valence-electron chi connectivity index (χ0n) is 11.9. The molecule has 1 aromatic rings. The highest BCUT2D eigenvalue weighted by Gasteiger charge is 2.20. The molecule has 2 N–H and O–H groups in total. The van der Waals surface area contributed by atoms with Gasteiger partial charge in [-0.2, -0.15) is 0 Å². The second kappa shape index (κ2) is 7.58. The second-order valence-corrected chi connectivity index (χ2v) is 4.99. The molecule has 1 saturated heterocycles. The topological polar surface area (TPSA) is 85.8 Å². The van der Waals surface area contributed by atoms with E-state index in [-0.39, 0.29) is 12.5 Å². The fraction of sp³-hybridized carbons (Fsp3) is 0.500. The molecular weight excluding hydrogens is 272 g/mol. The standard InChI is InChI=1S/C14H20N4O3/c19-13(20)3-5-17-6-8-18(9-7-17)14(21)16-11-12-2-1-4-15-10-12/h1-2,4,10H,3,5-9,11H2,(H,16,21)(H,19,20). The molecule has 0 bridgehead atoms. The number of carboxylic acids is 1. The van der Waals surface area contributed by atoms with Crippen LogP contribution in [0.15, 0.2) is 24.5 Å². The van der Waals surface area contributed by atoms with Gasteiger partial charge in [0.15, 0.2) is 0 Å². The van der Waals surface area contributed by atoms with Gasteiger partial charge in [-0.3, -0.25) is 14.7 Å². The van der Waals surface area contributed by atoms with Crippen molar-refractivity contribution < 1.29 is 14.7 Å². The van der Waals surface area contributed by atoms with Gasteiger partial charge in [0.2, 0.25) is 0 Å². The molecule has 114 valence electrons. The number of carbonyl (C=O) groups is 2. The number of nitrogens with one attached hydrogen (secondary N) is 1. The van der Waals surface area contributed by atoms with Gasteiger partial charge in [0.1, 0.15) is 0 Å². The summed E-state index contributed by atoms with van der Waals surface area (Å²) in [5.74, 6) is -0.786. The molecule has 1 fully saturated rings. The molecule has 0 aromatic carbocycles. The first-order valence-corrected chi connectivity index (χ1v) is 7.01. The van der Waals surface area contributed by atoms with Crippen LogP contribution in [0.4, 0.5) is 4.79 Å². The summed E-state index contributed by atoms with van der Waals surface area (Å²) in [6.07, 6.45) is 3.57. The molecule has 21 heavy (non-hydrogen) atoms. The van der Waals surface area contributed by atoms with Gasteiger partial charge in [0, 0.05) is 51.7 Å². The molecule has 7 nitrogen and oxygen atoms in total. The highest BCUT2D eigenvalue weighted by atomic mass is 16.4. The number of carboxylic acid groups (broad SMARTS) is 1. The van der Waals surface area contributed by atoms with Crippen molar-refractivity contribution in [1.82, 2.24) is 20.1 Å². The van der Waals surface area contributed by atoms with Crippen LogP contribution in [-0.4, -0.2) is 64.6 Å². The first-order chi connectivity index (χ1) is 10.1. The van der Waals surface area contributed by atoms with E-state index in [1.54, 1.807) is 17.3 Å². The minimum Gasteiger partial charge on any atom is -0.481 e. The third-order valence-corrected chi connectivity index (χ3v) is 3.47. The number of nitrogens with zero attached hydrogens (tertiary/aromatic N) is 3. The first-order valence-electron chi connectivity index (χ1n) is 7.01. The summed E-state index contributed by atoms with van der Waals surface area (Å²) in [4.78, 5) is 30.4. The van der Waals surface area contributed by atoms with E-state index in [2.05, 4.69) is 15.2 Å². The highest BCUT2D eigenvalue weighted by molar-refractivity contribution is 5.74. The number of urea groups is 1. The van der Waals surface area contributed by atoms with E-state index in [0.717, 1.165) is 5.56 Å². The van der Waals surface area contributed by atoms with Crippen LogP contribution in [0.1, 0.15) is 12.0 Å². The fourth-order valence-corrected chi connectivity index (χ4v) is 2.22. The van der Waals surface area contributed by atoms with Crippen LogP contribution in [0.3, 0.4) is 0 Å². The molecule has 1 aliphatic heterocycles. The lowest BCUT2D eigenvalue weighted by Gasteiger charge is -2.34. The molecule has 1 aliphatic rings. The van der Waals surface area contributed by atoms with Crippen molar-refractivity contribution in [2.75, 3.05) is 32.7 Å². The number of piperazine rings is 1. The zero-order valence-corrected chi connectivity index (χ0v) is 11.9. The van der Waals surface area contributed by atoms with Crippen molar-refractivity contribution in [3.8, 4) is 0 Å². The molecule has 0 aliphatic carbocycles. The Morgan fingerprint density at radius 3 is 2.67 bits per heavy atom. The predicted octanol–water partition coefficient (Wildman–Crippen LogP) is 0.384. The van der Waals surface area contributed by atoms with Crippen LogP contribution in [-0.2, 0) is 11.3 Å². The Bertz CT molecular complexity index is 472. The fourth-order valence-electron chi connectivity index (χ4n) is 2.22. The highest BCUT2D eigenvalue weighted by Crippen LogP contribution is 2.03. The van der Waals surface area contributed by atoms with Gasteiger partial charge in [-0.05, 0) is 11.6 Å². The molecule has 2 amide bonds. The number of aromatic nitrogens is 1. The molecule has 0 atom stereocenters. The van der Waals surface area contributed by atoms with E-state index in [0.29, 0.717) is 39.3 Å². The number of aliphatic carboxylic acids is 1. The van der Waals surface area contributed by atoms with Crippen LogP contribution in [0.25, 0.3) is 0 Å². The number of pyridine rings is 1. The largest absolute Gasteiger partial charge is 0.481 e. The summed E-state index contributed by atoms with van der Waals surface area (Å²) < 4.78 is 0. The van der Waals surface area contributed by atoms with Crippen LogP contribution in [0.5, 0.6) is 0 Å². The molecule has 7 heteroatoms. The third kappa shape index (κ3) is 5.03. The van der Waals surface area contributed by atoms with Gasteiger partial charge in [0.25, 0.3) is 0 Å². The SMILES string of the molecule is O=C(O)CCN1CCN(C(=O)NCc2cccnc2)CC1. The summed E-state index contributed by atoms with van der Waals surface area (Å²) in [7, 11) is 0. The molecule has 1 aromatic heterocycles. The number of hydrogen-bond acceptors (Lipinski definition) is 4. The molecule has 0 radical (unpaired) electrons. The number of carbonyl (C=O) groups excluding carboxylic acids is 1. The first kappa shape index (κ1) is 15.2. The van der Waals surface area contributed by atoms with E-state index in [1.807, 2.05) is 12.1 Å². The van der Waals surface area contributed by atoms with E-state index in [4.69, 9.17) is 5.11 Å². The van der Waals surface area contributed by atoms with Gasteiger partial charge >= 0.3 is 12.0 Å². The average Bonchev–Trinajstić information content (AvgIpc) is 2.52. The van der Waals surface area contributed by atoms with Gasteiger partial charge in [-0.25, -0.2) is 4.79 Å². The normalized spacial score (nSPS) is 15.7. The Kier molecular flexibility index (Phi) is 5.51. The second-order valence-electron chi connectivity index (χ2n) is 4.99. The van der Waals surface area contributed by atoms with Crippen LogP contribution in [0, 0.1) is 0 Å². The van der Waals surface area contributed by atoms with Crippen LogP contribution < -0.4 is 5.32 Å². The molecular formula is C14H20N4O3. The average molecular weight is 292 g/mol. The third-order valence-electron chi connectivity index (χ3n) is 3.47. The van der Waals surface area contributed by atoms with Crippen molar-refractivity contribution in [2.45, 2.75) is 13.0 Å². The van der Waals surface area contributed by atoms with E-state index in [9.17, 15) is 9.59 Å². The quantitative estimate of drug-likeness (QED) is 0.819. The smallest absolute Gasteiger partial charge is 0.317 e. The van der Waals surface area contributed by atoms with Crippen molar-refractivity contribution in [3.05, 3.63) is 30.1 Å². The number of rotatable bonds is 5. The van der Waals surface area contributed by atoms with Crippen molar-refractivity contribution in [1.29, 1.82) is 0 Å². The van der Waals surface area contributed by atoms with Crippen LogP contribution >= 0.6 is 0 Å². The van der Waals surface area contributed by atoms with Crippen molar-refractivity contribution >= 4 is 12.0 Å². The van der Waals surface area contributed by atoms with Crippen LogP contribution in [0.2, 0.25) is 0 Å². The predicted molar refractivity (Wildman–Crippen MR) is 76.7 cm³/mol. The Morgan fingerprint density at radius 2 is 2.05 bits per heavy atom. The Balaban J connectivity index is 1.69. The molecule has 0 saturated carbocycles. The van der Waals surface area contributed by atoms with E-state index in [1.165, 1.54) is 0 Å². The summed E-state index contributed by atoms with van der Waals surface area (Å²) in [6.45, 7) is 3.69. The Morgan fingerprint density at radius 1 is 1.29 bits per heavy atom. The van der Waals surface area contributed by atoms with Gasteiger partial charge < -0.3 is 15.3 Å². The maximum atomic E-state index is 12.0. The Hall–Kier alpha value is -2.15. The monoisotopic (exact) mass is 292 g/mol. The van der Waals surface area contributed by atoms with Crippen molar-refractivity contribution in [3.63, 3.8) is 0 Å². The zero-order chi connectivity index (χ0) is 15.1. The van der Waals surface area contributed by atoms with Gasteiger partial charge in [-0.15, -0.1) is 0 Å². The van der Waals surface area contributed by atoms with Gasteiger partial charge in [0.05, 0.1) is 6.42 Å². The Labute approximate surface area is 123 Å². The molecule has 0 unspecified atom stereocenters. The lowest BCUT2D eigenvalue weighted by molar-refractivity contribution is -0.137. The molecule has 2 rings (SSSR count). The number of amides is 2. The molecule has 2 heterocycles. The van der Waals surface area contributed by atoms with Crippen molar-refractivity contribution in [2.24, 2.45) is 0 Å². The lowest BCUT2D eigenvalue weighted by atomic mass is 10.3. The van der Waals surface area contributed by atoms with E-state index >= 15 is 0 Å². The maximum Gasteiger partial charge on any atom is 0.317 e. The maximum absolute atomic E-state index is 12.0. The summed E-state index contributed by atoms with van der Waals surface area (Å²) >= 11 is 0. The molecule has 0 spiro atoms. The summed E-state index contributed by atoms with van der Waals surface area (Å²) in [5.41, 5.74) is 0.964. The van der Waals surface area contributed by atoms with E-state index < -0.39 is 5.97 Å². The summed E-state index contributed by atoms with van der Waals surface area (Å²) in [5, 5.41) is 11.5. The number of hydrogen-bond donors (Lipinski definition) is 2. The minimum atomic E-state index is -0.786. The minimum absolute atomic E-state index is 0.0864. The van der Waals surface area contributed by atoms with Gasteiger partial charge in [-0.1, -0.05) is 6.07 Å².